The minimum absolute atomic E-state index is 0.519. The molecule has 2 N–H and O–H groups in total. The Hall–Kier alpha value is -2.33. The molecule has 0 aliphatic carbocycles. The summed E-state index contributed by atoms with van der Waals surface area (Å²) in [6.45, 7) is 0.825. The van der Waals surface area contributed by atoms with E-state index in [0.717, 1.165) is 29.2 Å². The second kappa shape index (κ2) is 5.97. The van der Waals surface area contributed by atoms with Crippen LogP contribution in [-0.2, 0) is 13.0 Å². The number of nitrogens with zero attached hydrogens (tertiary/aromatic N) is 3. The molecule has 0 unspecified atom stereocenters. The molecule has 3 aromatic rings. The maximum Gasteiger partial charge on any atom is 0.132 e. The smallest absolute Gasteiger partial charge is 0.132 e. The Morgan fingerprint density at radius 1 is 1.14 bits per heavy atom. The molecule has 21 heavy (non-hydrogen) atoms. The second-order valence-electron chi connectivity index (χ2n) is 4.78. The van der Waals surface area contributed by atoms with Crippen molar-refractivity contribution in [3.8, 4) is 11.3 Å². The molecule has 0 aliphatic heterocycles. The molecule has 0 bridgehead atoms. The topological polar surface area (TPSA) is 56.7 Å². The van der Waals surface area contributed by atoms with E-state index in [9.17, 15) is 0 Å². The first-order valence-electron chi connectivity index (χ1n) is 6.69. The zero-order valence-corrected chi connectivity index (χ0v) is 12.2. The molecule has 0 saturated carbocycles. The highest BCUT2D eigenvalue weighted by molar-refractivity contribution is 6.30. The summed E-state index contributed by atoms with van der Waals surface area (Å²) in [4.78, 5) is 8.35. The van der Waals surface area contributed by atoms with Crippen molar-refractivity contribution in [2.45, 2.75) is 13.0 Å². The lowest BCUT2D eigenvalue weighted by molar-refractivity contribution is 0.702. The second-order valence-corrected chi connectivity index (χ2v) is 5.22. The number of hydrogen-bond acceptors (Lipinski definition) is 3. The first kappa shape index (κ1) is 13.6. The quantitative estimate of drug-likeness (QED) is 0.803. The zero-order chi connectivity index (χ0) is 14.7. The van der Waals surface area contributed by atoms with Crippen molar-refractivity contribution in [3.05, 3.63) is 65.7 Å². The molecule has 1 aromatic carbocycles. The largest absolute Gasteiger partial charge is 0.383 e. The number of nitrogens with two attached hydrogens (primary N) is 1. The minimum Gasteiger partial charge on any atom is -0.383 e. The third-order valence-electron chi connectivity index (χ3n) is 3.38. The summed E-state index contributed by atoms with van der Waals surface area (Å²) in [5.41, 5.74) is 9.06. The molecular formula is C16H15ClN4. The van der Waals surface area contributed by atoms with E-state index in [1.807, 2.05) is 48.9 Å². The predicted molar refractivity (Wildman–Crippen MR) is 85.0 cm³/mol. The Morgan fingerprint density at radius 3 is 2.71 bits per heavy atom. The third-order valence-corrected chi connectivity index (χ3v) is 3.63. The van der Waals surface area contributed by atoms with Gasteiger partial charge in [-0.1, -0.05) is 23.7 Å². The average Bonchev–Trinajstić information content (AvgIpc) is 2.95. The highest BCUT2D eigenvalue weighted by atomic mass is 35.5. The number of halogens is 1. The Labute approximate surface area is 128 Å². The van der Waals surface area contributed by atoms with Crippen LogP contribution in [0.25, 0.3) is 11.3 Å². The van der Waals surface area contributed by atoms with Crippen molar-refractivity contribution in [1.82, 2.24) is 14.5 Å². The van der Waals surface area contributed by atoms with E-state index >= 15 is 0 Å². The standard InChI is InChI=1S/C16H15ClN4/c17-13-5-3-12(4-6-13)7-9-21-11-19-10-15(21)14-2-1-8-20-16(14)18/h1-6,8,10-11H,7,9H2,(H2,18,20). The van der Waals surface area contributed by atoms with Crippen molar-refractivity contribution in [2.24, 2.45) is 0 Å². The maximum absolute atomic E-state index is 5.94. The number of anilines is 1. The summed E-state index contributed by atoms with van der Waals surface area (Å²) in [5.74, 6) is 0.519. The number of pyridine rings is 1. The number of aromatic nitrogens is 3. The third kappa shape index (κ3) is 3.06. The molecule has 0 aliphatic rings. The summed E-state index contributed by atoms with van der Waals surface area (Å²) < 4.78 is 2.09. The van der Waals surface area contributed by atoms with E-state index in [4.69, 9.17) is 17.3 Å². The summed E-state index contributed by atoms with van der Waals surface area (Å²) in [7, 11) is 0. The number of aryl methyl sites for hydroxylation is 2. The molecule has 0 spiro atoms. The molecule has 2 heterocycles. The van der Waals surface area contributed by atoms with Crippen LogP contribution in [0.5, 0.6) is 0 Å². The molecule has 0 radical (unpaired) electrons. The van der Waals surface area contributed by atoms with Crippen LogP contribution in [0.4, 0.5) is 5.82 Å². The van der Waals surface area contributed by atoms with Gasteiger partial charge in [0.1, 0.15) is 5.82 Å². The SMILES string of the molecule is Nc1ncccc1-c1cncn1CCc1ccc(Cl)cc1. The van der Waals surface area contributed by atoms with Gasteiger partial charge in [-0.05, 0) is 36.2 Å². The Morgan fingerprint density at radius 2 is 1.95 bits per heavy atom. The first-order chi connectivity index (χ1) is 10.2. The van der Waals surface area contributed by atoms with Crippen LogP contribution in [0.1, 0.15) is 5.56 Å². The van der Waals surface area contributed by atoms with Crippen LogP contribution in [0, 0.1) is 0 Å². The fourth-order valence-electron chi connectivity index (χ4n) is 2.26. The number of nitrogen functional groups attached to an aromatic ring is 1. The Kier molecular flexibility index (Phi) is 3.88. The lowest BCUT2D eigenvalue weighted by atomic mass is 10.1. The lowest BCUT2D eigenvalue weighted by Gasteiger charge is -2.09. The van der Waals surface area contributed by atoms with Gasteiger partial charge in [0.2, 0.25) is 0 Å². The summed E-state index contributed by atoms with van der Waals surface area (Å²) in [6, 6.07) is 11.7. The van der Waals surface area contributed by atoms with E-state index in [1.165, 1.54) is 5.56 Å². The van der Waals surface area contributed by atoms with E-state index < -0.39 is 0 Å². The van der Waals surface area contributed by atoms with E-state index in [0.29, 0.717) is 5.82 Å². The van der Waals surface area contributed by atoms with Crippen molar-refractivity contribution in [2.75, 3.05) is 5.73 Å². The van der Waals surface area contributed by atoms with Gasteiger partial charge in [-0.2, -0.15) is 0 Å². The molecule has 0 amide bonds. The van der Waals surface area contributed by atoms with Crippen LogP contribution >= 0.6 is 11.6 Å². The van der Waals surface area contributed by atoms with Crippen LogP contribution in [0.2, 0.25) is 5.02 Å². The number of imidazole rings is 1. The Balaban J connectivity index is 1.80. The zero-order valence-electron chi connectivity index (χ0n) is 11.4. The van der Waals surface area contributed by atoms with Gasteiger partial charge < -0.3 is 10.3 Å². The van der Waals surface area contributed by atoms with Gasteiger partial charge in [0.05, 0.1) is 18.2 Å². The molecule has 0 saturated heterocycles. The summed E-state index contributed by atoms with van der Waals surface area (Å²) >= 11 is 5.90. The van der Waals surface area contributed by atoms with Crippen LogP contribution in [0.3, 0.4) is 0 Å². The highest BCUT2D eigenvalue weighted by Crippen LogP contribution is 2.23. The highest BCUT2D eigenvalue weighted by Gasteiger charge is 2.08. The van der Waals surface area contributed by atoms with Gasteiger partial charge in [0, 0.05) is 23.3 Å². The fraction of sp³-hybridized carbons (Fsp3) is 0.125. The van der Waals surface area contributed by atoms with Crippen molar-refractivity contribution in [3.63, 3.8) is 0 Å². The average molecular weight is 299 g/mol. The number of hydrogen-bond donors (Lipinski definition) is 1. The molecule has 2 aromatic heterocycles. The fourth-order valence-corrected chi connectivity index (χ4v) is 2.38. The van der Waals surface area contributed by atoms with Gasteiger partial charge in [0.25, 0.3) is 0 Å². The number of rotatable bonds is 4. The first-order valence-corrected chi connectivity index (χ1v) is 7.07. The van der Waals surface area contributed by atoms with Crippen LogP contribution < -0.4 is 5.73 Å². The molecule has 3 rings (SSSR count). The Bertz CT molecular complexity index is 734. The van der Waals surface area contributed by atoms with E-state index in [1.54, 1.807) is 6.20 Å². The van der Waals surface area contributed by atoms with Crippen molar-refractivity contribution in [1.29, 1.82) is 0 Å². The van der Waals surface area contributed by atoms with Crippen molar-refractivity contribution >= 4 is 17.4 Å². The van der Waals surface area contributed by atoms with Crippen LogP contribution in [0.15, 0.2) is 55.1 Å². The molecule has 4 nitrogen and oxygen atoms in total. The van der Waals surface area contributed by atoms with Gasteiger partial charge in [-0.15, -0.1) is 0 Å². The maximum atomic E-state index is 5.94. The summed E-state index contributed by atoms with van der Waals surface area (Å²) in [5, 5.41) is 0.755. The van der Waals surface area contributed by atoms with Gasteiger partial charge in [-0.25, -0.2) is 9.97 Å². The van der Waals surface area contributed by atoms with Gasteiger partial charge in [-0.3, -0.25) is 0 Å². The van der Waals surface area contributed by atoms with Gasteiger partial charge >= 0.3 is 0 Å². The van der Waals surface area contributed by atoms with Crippen molar-refractivity contribution < 1.29 is 0 Å². The number of benzene rings is 1. The van der Waals surface area contributed by atoms with Gasteiger partial charge in [0.15, 0.2) is 0 Å². The predicted octanol–water partition coefficient (Wildman–Crippen LogP) is 3.42. The minimum atomic E-state index is 0.519. The van der Waals surface area contributed by atoms with E-state index in [2.05, 4.69) is 14.5 Å². The molecule has 106 valence electrons. The molecular weight excluding hydrogens is 284 g/mol. The molecule has 5 heteroatoms. The molecule has 0 fully saturated rings. The van der Waals surface area contributed by atoms with E-state index in [-0.39, 0.29) is 0 Å². The normalized spacial score (nSPS) is 10.7. The lowest BCUT2D eigenvalue weighted by Crippen LogP contribution is -2.03. The monoisotopic (exact) mass is 298 g/mol. The van der Waals surface area contributed by atoms with Crippen LogP contribution in [-0.4, -0.2) is 14.5 Å². The molecule has 0 atom stereocenters. The summed E-state index contributed by atoms with van der Waals surface area (Å²) in [6.07, 6.45) is 6.22.